The summed E-state index contributed by atoms with van der Waals surface area (Å²) in [7, 11) is -5.39. The normalized spacial score (nSPS) is 7.38. The van der Waals surface area contributed by atoms with Crippen LogP contribution in [-0.4, -0.2) is 34.7 Å². The number of hydrogen-bond donors (Lipinski definition) is 0. The molecule has 0 radical (unpaired) electrons. The Kier molecular flexibility index (Phi) is 24.6. The summed E-state index contributed by atoms with van der Waals surface area (Å²) in [6.07, 6.45) is 0. The Labute approximate surface area is 78.6 Å². The van der Waals surface area contributed by atoms with Crippen molar-refractivity contribution in [2.75, 3.05) is 0 Å². The van der Waals surface area contributed by atoms with Gasteiger partial charge in [-0.25, -0.2) is 0 Å². The van der Waals surface area contributed by atoms with E-state index >= 15 is 0 Å². The Morgan fingerprint density at radius 2 is 1.00 bits per heavy atom. The quantitative estimate of drug-likeness (QED) is 0.302. The molecule has 0 aromatic heterocycles. The summed E-state index contributed by atoms with van der Waals surface area (Å²) in [6, 6.07) is 0. The Hall–Kier alpha value is 1.69. The van der Waals surface area contributed by atoms with Crippen molar-refractivity contribution < 1.29 is 36.3 Å². The first-order valence-corrected chi connectivity index (χ1v) is 2.19. The minimum absolute atomic E-state index is 0. The van der Waals surface area contributed by atoms with Crippen LogP contribution in [0.3, 0.4) is 0 Å². The molecule has 0 aliphatic rings. The van der Waals surface area contributed by atoms with Gasteiger partial charge in [0.05, 0.1) is 0 Å². The van der Waals surface area contributed by atoms with Gasteiger partial charge in [-0.2, -0.15) is 7.82 Å². The van der Waals surface area contributed by atoms with E-state index in [-0.39, 0.29) is 51.8 Å². The van der Waals surface area contributed by atoms with E-state index in [9.17, 15) is 0 Å². The molecule has 0 aliphatic heterocycles. The summed E-state index contributed by atoms with van der Waals surface area (Å²) in [4.78, 5) is 25.6. The zero-order valence-corrected chi connectivity index (χ0v) is 7.90. The molecule has 0 atom stereocenters. The predicted octanol–water partition coefficient (Wildman–Crippen LogP) is -3.59. The molecule has 0 aromatic carbocycles. The second kappa shape index (κ2) is 8.69. The van der Waals surface area contributed by atoms with Crippen molar-refractivity contribution in [1.29, 1.82) is 0 Å². The fourth-order valence-corrected chi connectivity index (χ4v) is 0. The van der Waals surface area contributed by atoms with Crippen molar-refractivity contribution >= 4 is 42.5 Å². The minimum atomic E-state index is -5.39. The van der Waals surface area contributed by atoms with Gasteiger partial charge in [0.15, 0.2) is 0 Å². The maximum atomic E-state index is 8.55. The van der Waals surface area contributed by atoms with Crippen LogP contribution in [0.2, 0.25) is 0 Å². The average molecular weight is 205 g/mol. The zero-order chi connectivity index (χ0) is 4.50. The van der Waals surface area contributed by atoms with Gasteiger partial charge < -0.3 is 19.2 Å². The Morgan fingerprint density at radius 1 is 1.00 bits per heavy atom. The SMILES string of the molecule is O=P([O-])([O-])[O-].[Al+3].[Al+3].[Fe+2]. The van der Waals surface area contributed by atoms with E-state index in [1.54, 1.807) is 0 Å². The molecule has 38 valence electrons. The second-order valence-corrected chi connectivity index (χ2v) is 1.34. The van der Waals surface area contributed by atoms with Gasteiger partial charge in [-0.15, -0.1) is 0 Å². The summed E-state index contributed by atoms with van der Waals surface area (Å²) < 4.78 is 8.55. The molecule has 0 heterocycles. The van der Waals surface area contributed by atoms with Crippen molar-refractivity contribution in [1.82, 2.24) is 0 Å². The minimum Gasteiger partial charge on any atom is -0.822 e. The maximum absolute atomic E-state index is 8.55. The van der Waals surface area contributed by atoms with Crippen LogP contribution in [0.1, 0.15) is 0 Å². The molecule has 4 nitrogen and oxygen atoms in total. The number of hydrogen-bond acceptors (Lipinski definition) is 4. The number of rotatable bonds is 0. The van der Waals surface area contributed by atoms with E-state index in [1.807, 2.05) is 0 Å². The molecule has 0 saturated carbocycles. The average Bonchev–Trinajstić information content (AvgIpc) is 0.722. The summed E-state index contributed by atoms with van der Waals surface area (Å²) in [6.45, 7) is 0. The van der Waals surface area contributed by atoms with E-state index in [1.165, 1.54) is 0 Å². The molecule has 0 bridgehead atoms. The summed E-state index contributed by atoms with van der Waals surface area (Å²) in [5.74, 6) is 0. The summed E-state index contributed by atoms with van der Waals surface area (Å²) >= 11 is 0. The number of phosphoric acid groups is 1. The van der Waals surface area contributed by atoms with E-state index in [4.69, 9.17) is 19.2 Å². The van der Waals surface area contributed by atoms with Crippen molar-refractivity contribution in [2.45, 2.75) is 0 Å². The van der Waals surface area contributed by atoms with Crippen molar-refractivity contribution in [3.05, 3.63) is 0 Å². The van der Waals surface area contributed by atoms with Crippen LogP contribution in [-0.2, 0) is 21.6 Å². The van der Waals surface area contributed by atoms with Crippen molar-refractivity contribution in [3.8, 4) is 0 Å². The molecule has 0 aromatic rings. The van der Waals surface area contributed by atoms with Crippen LogP contribution >= 0.6 is 7.82 Å². The summed E-state index contributed by atoms with van der Waals surface area (Å²) in [5.41, 5.74) is 0. The molecular formula is Al2FeO4P+5. The molecular weight excluding hydrogens is 205 g/mol. The van der Waals surface area contributed by atoms with Gasteiger partial charge in [0.1, 0.15) is 0 Å². The third kappa shape index (κ3) is 120. The molecule has 0 N–H and O–H groups in total. The molecule has 8 heteroatoms. The van der Waals surface area contributed by atoms with Crippen LogP contribution in [0.15, 0.2) is 0 Å². The van der Waals surface area contributed by atoms with E-state index in [0.29, 0.717) is 0 Å². The van der Waals surface area contributed by atoms with Crippen molar-refractivity contribution in [3.63, 3.8) is 0 Å². The third-order valence-electron chi connectivity index (χ3n) is 0. The Bertz CT molecular complexity index is 60.2. The van der Waals surface area contributed by atoms with Crippen LogP contribution in [0, 0.1) is 0 Å². The maximum Gasteiger partial charge on any atom is 3.00 e. The van der Waals surface area contributed by atoms with Gasteiger partial charge in [-0.1, -0.05) is 0 Å². The first kappa shape index (κ1) is 22.6. The van der Waals surface area contributed by atoms with E-state index in [2.05, 4.69) is 0 Å². The smallest absolute Gasteiger partial charge is 0.822 e. The first-order valence-electron chi connectivity index (χ1n) is 0.730. The molecule has 0 amide bonds. The van der Waals surface area contributed by atoms with E-state index < -0.39 is 7.82 Å². The van der Waals surface area contributed by atoms with Gasteiger partial charge in [-0.3, -0.25) is 0 Å². The standard InChI is InChI=1S/2Al.Fe.H3O4P/c;;;1-5(2,3)4/h;;;(H3,1,2,3,4)/q2*+3;+2;/p-3. The van der Waals surface area contributed by atoms with E-state index in [0.717, 1.165) is 0 Å². The monoisotopic (exact) mass is 205 g/mol. The first-order chi connectivity index (χ1) is 2.00. The van der Waals surface area contributed by atoms with Crippen molar-refractivity contribution in [2.24, 2.45) is 0 Å². The topological polar surface area (TPSA) is 86.2 Å². The molecule has 0 fully saturated rings. The van der Waals surface area contributed by atoms with Crippen LogP contribution in [0.5, 0.6) is 0 Å². The molecule has 8 heavy (non-hydrogen) atoms. The third-order valence-corrected chi connectivity index (χ3v) is 0. The molecule has 0 unspecified atom stereocenters. The molecule has 0 rings (SSSR count). The Morgan fingerprint density at radius 3 is 1.00 bits per heavy atom. The predicted molar refractivity (Wildman–Crippen MR) is 19.1 cm³/mol. The zero-order valence-electron chi connectivity index (χ0n) is 3.59. The molecule has 0 saturated heterocycles. The second-order valence-electron chi connectivity index (χ2n) is 0.447. The van der Waals surface area contributed by atoms with Crippen LogP contribution in [0.4, 0.5) is 0 Å². The summed E-state index contributed by atoms with van der Waals surface area (Å²) in [5, 5.41) is 0. The molecule has 0 spiro atoms. The Balaban J connectivity index is -0.0000000267. The van der Waals surface area contributed by atoms with Gasteiger partial charge >= 0.3 is 51.8 Å². The van der Waals surface area contributed by atoms with Gasteiger partial charge in [0, 0.05) is 0 Å². The van der Waals surface area contributed by atoms with Gasteiger partial charge in [0.2, 0.25) is 0 Å². The fourth-order valence-electron chi connectivity index (χ4n) is 0. The largest absolute Gasteiger partial charge is 3.00 e. The van der Waals surface area contributed by atoms with Gasteiger partial charge in [-0.05, 0) is 0 Å². The van der Waals surface area contributed by atoms with Crippen LogP contribution < -0.4 is 14.7 Å². The molecule has 0 aliphatic carbocycles. The fraction of sp³-hybridized carbons (Fsp3) is 0. The van der Waals surface area contributed by atoms with Gasteiger partial charge in [0.25, 0.3) is 0 Å². The van der Waals surface area contributed by atoms with Crippen LogP contribution in [0.25, 0.3) is 0 Å².